The van der Waals surface area contributed by atoms with Gasteiger partial charge in [-0.3, -0.25) is 4.79 Å². The van der Waals surface area contributed by atoms with Crippen LogP contribution in [-0.2, 0) is 11.3 Å². The Labute approximate surface area is 151 Å². The Morgan fingerprint density at radius 3 is 2.69 bits per heavy atom. The van der Waals surface area contributed by atoms with Gasteiger partial charge in [0.1, 0.15) is 5.69 Å². The van der Waals surface area contributed by atoms with E-state index < -0.39 is 11.6 Å². The number of hydrogen-bond acceptors (Lipinski definition) is 4. The molecule has 2 saturated heterocycles. The molecule has 2 aliphatic heterocycles. The summed E-state index contributed by atoms with van der Waals surface area (Å²) in [7, 11) is 0. The molecular weight excluding hydrogens is 334 g/mol. The van der Waals surface area contributed by atoms with Crippen LogP contribution in [0.3, 0.4) is 0 Å². The van der Waals surface area contributed by atoms with Crippen molar-refractivity contribution in [1.29, 1.82) is 0 Å². The molecule has 2 bridgehead atoms. The minimum Gasteiger partial charge on any atom is -0.465 e. The molecule has 3 heterocycles. The van der Waals surface area contributed by atoms with Crippen LogP contribution in [-0.4, -0.2) is 38.5 Å². The van der Waals surface area contributed by atoms with Crippen molar-refractivity contribution in [3.63, 3.8) is 0 Å². The second-order valence-corrected chi connectivity index (χ2v) is 7.57. The molecule has 5 rings (SSSR count). The lowest BCUT2D eigenvalue weighted by molar-refractivity contribution is -0.164. The number of aryl methyl sites for hydroxylation is 2. The average Bonchev–Trinajstić information content (AvgIpc) is 2.63. The normalized spacial score (nSPS) is 27.6. The van der Waals surface area contributed by atoms with Gasteiger partial charge < -0.3 is 19.7 Å². The summed E-state index contributed by atoms with van der Waals surface area (Å²) >= 11 is 0. The summed E-state index contributed by atoms with van der Waals surface area (Å²) in [5, 5.41) is 11.7. The van der Waals surface area contributed by atoms with Crippen molar-refractivity contribution in [2.75, 3.05) is 6.61 Å². The van der Waals surface area contributed by atoms with Gasteiger partial charge in [-0.05, 0) is 51.2 Å². The Hall–Kier alpha value is -2.41. The second kappa shape index (κ2) is 6.09. The number of fused-ring (bicyclic) bond motifs is 4. The molecule has 0 spiro atoms. The zero-order chi connectivity index (χ0) is 18.4. The summed E-state index contributed by atoms with van der Waals surface area (Å²) in [6, 6.07) is 7.67. The van der Waals surface area contributed by atoms with E-state index in [4.69, 9.17) is 9.84 Å². The number of nitrogens with zero attached hydrogens (tertiary/aromatic N) is 2. The minimum absolute atomic E-state index is 0.0615. The van der Waals surface area contributed by atoms with Gasteiger partial charge in [0.2, 0.25) is 0 Å². The highest BCUT2D eigenvalue weighted by Crippen LogP contribution is 2.45. The van der Waals surface area contributed by atoms with Gasteiger partial charge >= 0.3 is 6.09 Å². The molecule has 3 fully saturated rings. The van der Waals surface area contributed by atoms with Gasteiger partial charge in [0, 0.05) is 6.54 Å². The number of carboxylic acid groups (broad SMARTS) is 1. The van der Waals surface area contributed by atoms with E-state index in [0.717, 1.165) is 43.1 Å². The first kappa shape index (κ1) is 17.0. The molecule has 0 unspecified atom stereocenters. The number of amides is 1. The van der Waals surface area contributed by atoms with E-state index >= 15 is 0 Å². The number of hydrogen-bond donors (Lipinski definition) is 2. The number of ether oxygens (including phenoxy) is 1. The molecule has 0 atom stereocenters. The maximum atomic E-state index is 12.6. The van der Waals surface area contributed by atoms with E-state index in [1.165, 1.54) is 0 Å². The lowest BCUT2D eigenvalue weighted by Gasteiger charge is -2.53. The second-order valence-electron chi connectivity index (χ2n) is 7.57. The predicted molar refractivity (Wildman–Crippen MR) is 96.4 cm³/mol. The maximum Gasteiger partial charge on any atom is 0.405 e. The number of carbonyl (C=O) groups is 1. The molecule has 2 aromatic rings. The van der Waals surface area contributed by atoms with Crippen LogP contribution in [0.1, 0.15) is 37.8 Å². The Morgan fingerprint density at radius 1 is 1.31 bits per heavy atom. The molecule has 1 saturated carbocycles. The molecule has 3 aliphatic rings. The molecule has 1 aliphatic carbocycles. The van der Waals surface area contributed by atoms with Crippen molar-refractivity contribution in [2.45, 2.75) is 56.7 Å². The molecule has 0 radical (unpaired) electrons. The third kappa shape index (κ3) is 2.86. The first-order valence-electron chi connectivity index (χ1n) is 9.03. The van der Waals surface area contributed by atoms with Crippen molar-refractivity contribution >= 4 is 17.1 Å². The Kier molecular flexibility index (Phi) is 3.99. The molecule has 138 valence electrons. The summed E-state index contributed by atoms with van der Waals surface area (Å²) in [4.78, 5) is 28.0. The lowest BCUT2D eigenvalue weighted by Crippen LogP contribution is -2.62. The highest BCUT2D eigenvalue weighted by molar-refractivity contribution is 5.74. The fourth-order valence-corrected chi connectivity index (χ4v) is 4.33. The molecule has 1 aromatic carbocycles. The van der Waals surface area contributed by atoms with Crippen molar-refractivity contribution in [2.24, 2.45) is 0 Å². The van der Waals surface area contributed by atoms with Crippen molar-refractivity contribution < 1.29 is 14.6 Å². The Bertz CT molecular complexity index is 896. The molecule has 7 nitrogen and oxygen atoms in total. The topological polar surface area (TPSA) is 93.5 Å². The van der Waals surface area contributed by atoms with Crippen LogP contribution in [0.25, 0.3) is 11.0 Å². The van der Waals surface area contributed by atoms with E-state index in [1.54, 1.807) is 11.5 Å². The first-order chi connectivity index (χ1) is 12.4. The van der Waals surface area contributed by atoms with Crippen molar-refractivity contribution in [1.82, 2.24) is 14.9 Å². The summed E-state index contributed by atoms with van der Waals surface area (Å²) in [5.74, 6) is 0. The molecule has 7 heteroatoms. The van der Waals surface area contributed by atoms with Gasteiger partial charge in [-0.25, -0.2) is 9.78 Å². The van der Waals surface area contributed by atoms with Crippen LogP contribution < -0.4 is 10.9 Å². The van der Waals surface area contributed by atoms with Crippen LogP contribution in [0.15, 0.2) is 29.1 Å². The number of rotatable bonds is 4. The van der Waals surface area contributed by atoms with E-state index in [-0.39, 0.29) is 11.2 Å². The molecule has 1 amide bonds. The summed E-state index contributed by atoms with van der Waals surface area (Å²) in [5.41, 5.74) is 1.39. The standard InChI is InChI=1S/C19H23N3O4/c1-13-16(23)22(15-5-3-2-4-14(15)20-13)11-10-19-8-6-18(7-9-19,12-26-19)21-17(24)25/h2-5,21H,6-12H2,1H3,(H,24,25). The van der Waals surface area contributed by atoms with Gasteiger partial charge in [-0.2, -0.15) is 0 Å². The SMILES string of the molecule is Cc1nc2ccccc2n(CCC23CCC(NC(=O)O)(CC2)CO3)c1=O. The van der Waals surface area contributed by atoms with Gasteiger partial charge in [-0.1, -0.05) is 12.1 Å². The Morgan fingerprint density at radius 2 is 2.04 bits per heavy atom. The van der Waals surface area contributed by atoms with E-state index in [1.807, 2.05) is 24.3 Å². The van der Waals surface area contributed by atoms with E-state index in [2.05, 4.69) is 10.3 Å². The number of para-hydroxylation sites is 2. The number of aromatic nitrogens is 2. The molecule has 26 heavy (non-hydrogen) atoms. The smallest absolute Gasteiger partial charge is 0.405 e. The largest absolute Gasteiger partial charge is 0.465 e. The van der Waals surface area contributed by atoms with Crippen LogP contribution >= 0.6 is 0 Å². The summed E-state index contributed by atoms with van der Waals surface area (Å²) in [6.45, 7) is 2.72. The van der Waals surface area contributed by atoms with Crippen LogP contribution in [0.2, 0.25) is 0 Å². The van der Waals surface area contributed by atoms with Crippen molar-refractivity contribution in [3.8, 4) is 0 Å². The summed E-state index contributed by atoms with van der Waals surface area (Å²) in [6.07, 6.45) is 2.93. The zero-order valence-electron chi connectivity index (χ0n) is 14.8. The highest BCUT2D eigenvalue weighted by atomic mass is 16.5. The van der Waals surface area contributed by atoms with Gasteiger partial charge in [0.05, 0.1) is 28.8 Å². The third-order valence-corrected chi connectivity index (χ3v) is 5.95. The fourth-order valence-electron chi connectivity index (χ4n) is 4.33. The van der Waals surface area contributed by atoms with Crippen LogP contribution in [0.4, 0.5) is 4.79 Å². The molecule has 1 aromatic heterocycles. The highest BCUT2D eigenvalue weighted by Gasteiger charge is 2.50. The van der Waals surface area contributed by atoms with Gasteiger partial charge in [0.25, 0.3) is 5.56 Å². The minimum atomic E-state index is -0.992. The van der Waals surface area contributed by atoms with E-state index in [0.29, 0.717) is 18.8 Å². The first-order valence-corrected chi connectivity index (χ1v) is 9.03. The van der Waals surface area contributed by atoms with Crippen molar-refractivity contribution in [3.05, 3.63) is 40.3 Å². The number of benzene rings is 1. The number of nitrogens with one attached hydrogen (secondary N) is 1. The fraction of sp³-hybridized carbons (Fsp3) is 0.526. The average molecular weight is 357 g/mol. The predicted octanol–water partition coefficient (Wildman–Crippen LogP) is 2.44. The molecule has 2 N–H and O–H groups in total. The van der Waals surface area contributed by atoms with Gasteiger partial charge in [0.15, 0.2) is 0 Å². The molecular formula is C19H23N3O4. The van der Waals surface area contributed by atoms with E-state index in [9.17, 15) is 9.59 Å². The lowest BCUT2D eigenvalue weighted by atomic mass is 9.70. The van der Waals surface area contributed by atoms with Gasteiger partial charge in [-0.15, -0.1) is 0 Å². The third-order valence-electron chi connectivity index (χ3n) is 5.95. The maximum absolute atomic E-state index is 12.6. The quantitative estimate of drug-likeness (QED) is 0.877. The van der Waals surface area contributed by atoms with Crippen LogP contribution in [0, 0.1) is 6.92 Å². The zero-order valence-corrected chi connectivity index (χ0v) is 14.8. The monoisotopic (exact) mass is 357 g/mol. The van der Waals surface area contributed by atoms with Crippen LogP contribution in [0.5, 0.6) is 0 Å². The Balaban J connectivity index is 1.54. The summed E-state index contributed by atoms with van der Waals surface area (Å²) < 4.78 is 7.91.